The van der Waals surface area contributed by atoms with Crippen molar-refractivity contribution in [1.82, 2.24) is 34.4 Å². The Hall–Kier alpha value is -3.55. The van der Waals surface area contributed by atoms with Crippen molar-refractivity contribution in [2.45, 2.75) is 51.5 Å². The van der Waals surface area contributed by atoms with E-state index in [1.807, 2.05) is 53.9 Å². The molecule has 2 aliphatic rings. The molecular weight excluding hydrogens is 414 g/mol. The molecule has 8 nitrogen and oxygen atoms in total. The standard InChI is InChI=1S/C25H27N7O/c1-16-13-27-31(14-16)19-6-5-11-30(15-19)25(33)20-12-21(18-8-9-18)28-24-23(20)17(2)29-32(24)22-7-3-4-10-26-22/h3-4,7,10,12-14,18-19H,5-6,8-9,11,15H2,1-2H3. The van der Waals surface area contributed by atoms with Crippen molar-refractivity contribution in [3.05, 3.63) is 65.4 Å². The summed E-state index contributed by atoms with van der Waals surface area (Å²) in [5, 5.41) is 10.1. The Labute approximate surface area is 192 Å². The van der Waals surface area contributed by atoms with Gasteiger partial charge < -0.3 is 4.90 Å². The minimum atomic E-state index is 0.0570. The number of carbonyl (C=O) groups is 1. The van der Waals surface area contributed by atoms with Crippen LogP contribution in [0.3, 0.4) is 0 Å². The fraction of sp³-hybridized carbons (Fsp3) is 0.400. The lowest BCUT2D eigenvalue weighted by Crippen LogP contribution is -2.41. The highest BCUT2D eigenvalue weighted by Crippen LogP contribution is 2.41. The molecule has 8 heteroatoms. The van der Waals surface area contributed by atoms with Crippen molar-refractivity contribution >= 4 is 16.9 Å². The molecule has 1 saturated carbocycles. The number of likely N-dealkylation sites (tertiary alicyclic amines) is 1. The number of carbonyl (C=O) groups excluding carboxylic acids is 1. The van der Waals surface area contributed by atoms with Crippen LogP contribution in [-0.4, -0.2) is 53.4 Å². The fourth-order valence-corrected chi connectivity index (χ4v) is 4.86. The summed E-state index contributed by atoms with van der Waals surface area (Å²) in [6.45, 7) is 5.41. The van der Waals surface area contributed by atoms with Crippen LogP contribution in [0.25, 0.3) is 16.9 Å². The summed E-state index contributed by atoms with van der Waals surface area (Å²) in [6, 6.07) is 7.96. The van der Waals surface area contributed by atoms with E-state index in [0.29, 0.717) is 23.8 Å². The van der Waals surface area contributed by atoms with Crippen LogP contribution in [0.5, 0.6) is 0 Å². The van der Waals surface area contributed by atoms with E-state index < -0.39 is 0 Å². The Balaban J connectivity index is 1.42. The molecule has 0 spiro atoms. The van der Waals surface area contributed by atoms with Gasteiger partial charge in [0.1, 0.15) is 0 Å². The molecule has 0 aromatic carbocycles. The summed E-state index contributed by atoms with van der Waals surface area (Å²) >= 11 is 0. The Bertz CT molecular complexity index is 1340. The van der Waals surface area contributed by atoms with Crippen molar-refractivity contribution < 1.29 is 4.79 Å². The maximum atomic E-state index is 13.9. The Morgan fingerprint density at radius 3 is 2.76 bits per heavy atom. The first-order valence-corrected chi connectivity index (χ1v) is 11.7. The molecule has 2 fully saturated rings. The quantitative estimate of drug-likeness (QED) is 0.478. The molecule has 0 bridgehead atoms. The first-order valence-electron chi connectivity index (χ1n) is 11.7. The molecule has 1 aliphatic heterocycles. The average molecular weight is 442 g/mol. The first-order chi connectivity index (χ1) is 16.1. The largest absolute Gasteiger partial charge is 0.336 e. The number of amides is 1. The molecule has 168 valence electrons. The molecule has 1 amide bonds. The highest BCUT2D eigenvalue weighted by Gasteiger charge is 2.32. The summed E-state index contributed by atoms with van der Waals surface area (Å²) in [6.07, 6.45) is 9.92. The van der Waals surface area contributed by atoms with E-state index in [1.165, 1.54) is 0 Å². The van der Waals surface area contributed by atoms with Crippen LogP contribution in [-0.2, 0) is 0 Å². The zero-order valence-corrected chi connectivity index (χ0v) is 19.0. The van der Waals surface area contributed by atoms with Crippen molar-refractivity contribution in [2.24, 2.45) is 0 Å². The number of rotatable bonds is 4. The van der Waals surface area contributed by atoms with Crippen LogP contribution in [0.4, 0.5) is 0 Å². The number of hydrogen-bond donors (Lipinski definition) is 0. The van der Waals surface area contributed by atoms with Crippen LogP contribution < -0.4 is 0 Å². The van der Waals surface area contributed by atoms with Crippen molar-refractivity contribution in [3.8, 4) is 5.82 Å². The molecule has 1 saturated heterocycles. The second-order valence-electron chi connectivity index (χ2n) is 9.30. The third-order valence-corrected chi connectivity index (χ3v) is 6.71. The molecule has 1 aliphatic carbocycles. The highest BCUT2D eigenvalue weighted by atomic mass is 16.2. The lowest BCUT2D eigenvalue weighted by Gasteiger charge is -2.33. The molecule has 33 heavy (non-hydrogen) atoms. The van der Waals surface area contributed by atoms with Gasteiger partial charge in [-0.2, -0.15) is 14.9 Å². The van der Waals surface area contributed by atoms with Crippen LogP contribution in [0.2, 0.25) is 0 Å². The van der Waals surface area contributed by atoms with E-state index in [1.54, 1.807) is 10.9 Å². The highest BCUT2D eigenvalue weighted by molar-refractivity contribution is 6.06. The Morgan fingerprint density at radius 1 is 1.15 bits per heavy atom. The van der Waals surface area contributed by atoms with Gasteiger partial charge in [0.05, 0.1) is 28.9 Å². The molecule has 6 rings (SSSR count). The van der Waals surface area contributed by atoms with Gasteiger partial charge in [-0.05, 0) is 63.3 Å². The van der Waals surface area contributed by atoms with Gasteiger partial charge >= 0.3 is 0 Å². The maximum absolute atomic E-state index is 13.9. The van der Waals surface area contributed by atoms with Crippen LogP contribution in [0.15, 0.2) is 42.9 Å². The fourth-order valence-electron chi connectivity index (χ4n) is 4.86. The third-order valence-electron chi connectivity index (χ3n) is 6.71. The molecule has 4 aromatic heterocycles. The van der Waals surface area contributed by atoms with E-state index in [0.717, 1.165) is 60.2 Å². The lowest BCUT2D eigenvalue weighted by molar-refractivity contribution is 0.0674. The average Bonchev–Trinajstić information content (AvgIpc) is 3.53. The first kappa shape index (κ1) is 20.1. The van der Waals surface area contributed by atoms with E-state index in [2.05, 4.69) is 16.3 Å². The molecule has 0 N–H and O–H groups in total. The summed E-state index contributed by atoms with van der Waals surface area (Å²) in [4.78, 5) is 25.3. The molecular formula is C25H27N7O. The number of piperidine rings is 1. The Morgan fingerprint density at radius 2 is 2.03 bits per heavy atom. The van der Waals surface area contributed by atoms with E-state index in [-0.39, 0.29) is 11.9 Å². The molecule has 5 heterocycles. The number of aryl methyl sites for hydroxylation is 2. The topological polar surface area (TPSA) is 81.7 Å². The van der Waals surface area contributed by atoms with Gasteiger partial charge in [-0.25, -0.2) is 9.97 Å². The van der Waals surface area contributed by atoms with E-state index >= 15 is 0 Å². The van der Waals surface area contributed by atoms with Crippen LogP contribution in [0.1, 0.15) is 65.0 Å². The van der Waals surface area contributed by atoms with E-state index in [4.69, 9.17) is 10.1 Å². The number of aromatic nitrogens is 6. The van der Waals surface area contributed by atoms with Gasteiger partial charge in [0, 0.05) is 37.1 Å². The van der Waals surface area contributed by atoms with Gasteiger partial charge in [-0.15, -0.1) is 0 Å². The summed E-state index contributed by atoms with van der Waals surface area (Å²) in [5.41, 5.74) is 4.35. The number of hydrogen-bond acceptors (Lipinski definition) is 5. The summed E-state index contributed by atoms with van der Waals surface area (Å²) < 4.78 is 3.79. The van der Waals surface area contributed by atoms with Gasteiger partial charge in [-0.1, -0.05) is 6.07 Å². The normalized spacial score (nSPS) is 18.7. The van der Waals surface area contributed by atoms with Gasteiger partial charge in [0.25, 0.3) is 5.91 Å². The number of fused-ring (bicyclic) bond motifs is 1. The molecule has 1 atom stereocenters. The predicted molar refractivity (Wildman–Crippen MR) is 125 cm³/mol. The monoisotopic (exact) mass is 441 g/mol. The SMILES string of the molecule is Cc1cnn(C2CCCN(C(=O)c3cc(C4CC4)nc4c3c(C)nn4-c3ccccn3)C2)c1. The predicted octanol–water partition coefficient (Wildman–Crippen LogP) is 3.98. The maximum Gasteiger partial charge on any atom is 0.254 e. The van der Waals surface area contributed by atoms with Gasteiger partial charge in [0.15, 0.2) is 11.5 Å². The van der Waals surface area contributed by atoms with Gasteiger partial charge in [0.2, 0.25) is 0 Å². The summed E-state index contributed by atoms with van der Waals surface area (Å²) in [5.74, 6) is 1.19. The summed E-state index contributed by atoms with van der Waals surface area (Å²) in [7, 11) is 0. The van der Waals surface area contributed by atoms with Crippen LogP contribution in [0, 0.1) is 13.8 Å². The third kappa shape index (κ3) is 3.59. The van der Waals surface area contributed by atoms with Crippen molar-refractivity contribution in [3.63, 3.8) is 0 Å². The number of nitrogens with zero attached hydrogens (tertiary/aromatic N) is 7. The van der Waals surface area contributed by atoms with Gasteiger partial charge in [-0.3, -0.25) is 9.48 Å². The number of pyridine rings is 2. The Kier molecular flexibility index (Phi) is 4.74. The van der Waals surface area contributed by atoms with Crippen molar-refractivity contribution in [1.29, 1.82) is 0 Å². The second kappa shape index (κ2) is 7.79. The molecule has 1 unspecified atom stereocenters. The molecule has 4 aromatic rings. The lowest BCUT2D eigenvalue weighted by atomic mass is 10.0. The minimum Gasteiger partial charge on any atom is -0.336 e. The molecule has 0 radical (unpaired) electrons. The second-order valence-corrected chi connectivity index (χ2v) is 9.30. The zero-order chi connectivity index (χ0) is 22.5. The van der Waals surface area contributed by atoms with E-state index in [9.17, 15) is 4.79 Å². The zero-order valence-electron chi connectivity index (χ0n) is 19.0. The van der Waals surface area contributed by atoms with Crippen molar-refractivity contribution in [2.75, 3.05) is 13.1 Å². The smallest absolute Gasteiger partial charge is 0.254 e. The van der Waals surface area contributed by atoms with Crippen LogP contribution >= 0.6 is 0 Å². The minimum absolute atomic E-state index is 0.0570.